The predicted octanol–water partition coefficient (Wildman–Crippen LogP) is 2.40. The molecule has 4 heteroatoms. The summed E-state index contributed by atoms with van der Waals surface area (Å²) in [5.41, 5.74) is 0. The van der Waals surface area contributed by atoms with Crippen LogP contribution in [-0.4, -0.2) is 47.9 Å². The van der Waals surface area contributed by atoms with Crippen LogP contribution in [0.1, 0.15) is 51.9 Å². The Morgan fingerprint density at radius 1 is 1.20 bits per heavy atom. The van der Waals surface area contributed by atoms with Gasteiger partial charge < -0.3 is 4.90 Å². The molecule has 2 fully saturated rings. The van der Waals surface area contributed by atoms with E-state index in [0.717, 1.165) is 39.0 Å². The molecule has 2 rings (SSSR count). The monoisotopic (exact) mass is 277 g/mol. The Bertz CT molecular complexity index is 349. The summed E-state index contributed by atoms with van der Waals surface area (Å²) in [4.78, 5) is 16.5. The number of hydrogen-bond donors (Lipinski definition) is 0. The van der Waals surface area contributed by atoms with E-state index in [1.54, 1.807) is 0 Å². The van der Waals surface area contributed by atoms with Crippen LogP contribution in [0.15, 0.2) is 0 Å². The highest BCUT2D eigenvalue weighted by Gasteiger charge is 2.26. The number of amides is 1. The highest BCUT2D eigenvalue weighted by molar-refractivity contribution is 5.76. The van der Waals surface area contributed by atoms with Crippen LogP contribution in [0.5, 0.6) is 0 Å². The number of nitrogens with zero attached hydrogens (tertiary/aromatic N) is 3. The molecule has 0 radical (unpaired) electrons. The van der Waals surface area contributed by atoms with Crippen molar-refractivity contribution in [3.05, 3.63) is 0 Å². The quantitative estimate of drug-likeness (QED) is 0.793. The van der Waals surface area contributed by atoms with Crippen LogP contribution in [0.2, 0.25) is 0 Å². The van der Waals surface area contributed by atoms with Crippen molar-refractivity contribution in [3.8, 4) is 6.07 Å². The first-order valence-electron chi connectivity index (χ1n) is 8.16. The van der Waals surface area contributed by atoms with E-state index in [1.807, 2.05) is 4.90 Å². The second kappa shape index (κ2) is 7.64. The van der Waals surface area contributed by atoms with Crippen molar-refractivity contribution >= 4 is 5.91 Å². The molecular weight excluding hydrogens is 250 g/mol. The van der Waals surface area contributed by atoms with E-state index < -0.39 is 0 Å². The smallest absolute Gasteiger partial charge is 0.222 e. The average molecular weight is 277 g/mol. The maximum atomic E-state index is 12.3. The van der Waals surface area contributed by atoms with E-state index in [0.29, 0.717) is 11.8 Å². The summed E-state index contributed by atoms with van der Waals surface area (Å²) in [6, 6.07) is 2.37. The van der Waals surface area contributed by atoms with Crippen LogP contribution < -0.4 is 0 Å². The first kappa shape index (κ1) is 15.3. The van der Waals surface area contributed by atoms with Crippen molar-refractivity contribution in [2.45, 2.75) is 57.9 Å². The lowest BCUT2D eigenvalue weighted by atomic mass is 9.86. The van der Waals surface area contributed by atoms with Gasteiger partial charge in [0, 0.05) is 32.6 Å². The third-order valence-corrected chi connectivity index (χ3v) is 4.83. The summed E-state index contributed by atoms with van der Waals surface area (Å²) in [5.74, 6) is 0.957. The number of nitriles is 1. The molecule has 112 valence electrons. The Morgan fingerprint density at radius 3 is 2.40 bits per heavy atom. The van der Waals surface area contributed by atoms with Gasteiger partial charge in [-0.1, -0.05) is 26.2 Å². The first-order valence-corrected chi connectivity index (χ1v) is 8.16. The van der Waals surface area contributed by atoms with Crippen molar-refractivity contribution in [2.24, 2.45) is 5.92 Å². The summed E-state index contributed by atoms with van der Waals surface area (Å²) < 4.78 is 0. The molecule has 0 aromatic carbocycles. The zero-order chi connectivity index (χ0) is 14.4. The van der Waals surface area contributed by atoms with Gasteiger partial charge in [-0.25, -0.2) is 0 Å². The zero-order valence-corrected chi connectivity index (χ0v) is 12.7. The molecule has 1 saturated heterocycles. The molecule has 0 bridgehead atoms. The van der Waals surface area contributed by atoms with E-state index in [9.17, 15) is 4.79 Å². The second-order valence-electron chi connectivity index (χ2n) is 6.18. The predicted molar refractivity (Wildman–Crippen MR) is 79.0 cm³/mol. The van der Waals surface area contributed by atoms with Gasteiger partial charge in [-0.2, -0.15) is 5.26 Å². The fraction of sp³-hybridized carbons (Fsp3) is 0.875. The largest absolute Gasteiger partial charge is 0.340 e. The molecule has 20 heavy (non-hydrogen) atoms. The van der Waals surface area contributed by atoms with Gasteiger partial charge in [0.1, 0.15) is 0 Å². The zero-order valence-electron chi connectivity index (χ0n) is 12.7. The van der Waals surface area contributed by atoms with Gasteiger partial charge in [0.25, 0.3) is 0 Å². The number of carbonyl (C=O) groups excluding carboxylic acids is 1. The van der Waals surface area contributed by atoms with Gasteiger partial charge >= 0.3 is 0 Å². The summed E-state index contributed by atoms with van der Waals surface area (Å²) in [5, 5.41) is 9.10. The van der Waals surface area contributed by atoms with E-state index in [4.69, 9.17) is 5.26 Å². The van der Waals surface area contributed by atoms with Gasteiger partial charge in [-0.15, -0.1) is 0 Å². The lowest BCUT2D eigenvalue weighted by Gasteiger charge is -2.37. The second-order valence-corrected chi connectivity index (χ2v) is 6.18. The highest BCUT2D eigenvalue weighted by Crippen LogP contribution is 2.27. The van der Waals surface area contributed by atoms with Crippen LogP contribution in [0, 0.1) is 17.2 Å². The summed E-state index contributed by atoms with van der Waals surface area (Å²) in [6.45, 7) is 5.34. The molecule has 1 heterocycles. The van der Waals surface area contributed by atoms with E-state index in [1.165, 1.54) is 32.1 Å². The van der Waals surface area contributed by atoms with Crippen molar-refractivity contribution in [1.29, 1.82) is 5.26 Å². The Hall–Kier alpha value is -1.08. The summed E-state index contributed by atoms with van der Waals surface area (Å²) in [6.07, 6.45) is 8.02. The highest BCUT2D eigenvalue weighted by atomic mass is 16.2. The Morgan fingerprint density at radius 2 is 1.85 bits per heavy atom. The van der Waals surface area contributed by atoms with Crippen molar-refractivity contribution in [3.63, 3.8) is 0 Å². The normalized spacial score (nSPS) is 23.3. The first-order chi connectivity index (χ1) is 9.74. The number of carbonyl (C=O) groups is 1. The average Bonchev–Trinajstić information content (AvgIpc) is 2.50. The van der Waals surface area contributed by atoms with Crippen molar-refractivity contribution in [2.75, 3.05) is 26.2 Å². The maximum absolute atomic E-state index is 12.3. The number of hydrogen-bond acceptors (Lipinski definition) is 3. The minimum Gasteiger partial charge on any atom is -0.340 e. The molecule has 1 unspecified atom stereocenters. The Kier molecular flexibility index (Phi) is 5.85. The molecule has 1 aliphatic carbocycles. The van der Waals surface area contributed by atoms with Crippen LogP contribution in [-0.2, 0) is 4.79 Å². The molecule has 0 aromatic rings. The molecule has 0 N–H and O–H groups in total. The van der Waals surface area contributed by atoms with Crippen LogP contribution in [0.25, 0.3) is 0 Å². The van der Waals surface area contributed by atoms with Gasteiger partial charge in [0.15, 0.2) is 0 Å². The lowest BCUT2D eigenvalue weighted by molar-refractivity contribution is -0.134. The van der Waals surface area contributed by atoms with E-state index in [2.05, 4.69) is 17.9 Å². The molecule has 1 amide bonds. The third kappa shape index (κ3) is 3.96. The molecular formula is C16H27N3O. The fourth-order valence-corrected chi connectivity index (χ4v) is 3.48. The van der Waals surface area contributed by atoms with Crippen molar-refractivity contribution < 1.29 is 4.79 Å². The molecule has 0 aromatic heterocycles. The Balaban J connectivity index is 1.75. The van der Waals surface area contributed by atoms with Crippen LogP contribution in [0.4, 0.5) is 0 Å². The fourth-order valence-electron chi connectivity index (χ4n) is 3.48. The maximum Gasteiger partial charge on any atom is 0.222 e. The van der Waals surface area contributed by atoms with E-state index >= 15 is 0 Å². The minimum absolute atomic E-state index is 0.0191. The molecule has 2 aliphatic rings. The molecule has 0 spiro atoms. The third-order valence-electron chi connectivity index (χ3n) is 4.83. The topological polar surface area (TPSA) is 47.3 Å². The molecule has 1 aliphatic heterocycles. The summed E-state index contributed by atoms with van der Waals surface area (Å²) >= 11 is 0. The molecule has 1 saturated carbocycles. The van der Waals surface area contributed by atoms with Crippen LogP contribution >= 0.6 is 0 Å². The van der Waals surface area contributed by atoms with E-state index in [-0.39, 0.29) is 6.04 Å². The van der Waals surface area contributed by atoms with Crippen LogP contribution in [0.3, 0.4) is 0 Å². The number of piperazine rings is 1. The van der Waals surface area contributed by atoms with Gasteiger partial charge in [-0.05, 0) is 25.2 Å². The molecule has 4 nitrogen and oxygen atoms in total. The molecule has 1 atom stereocenters. The summed E-state index contributed by atoms with van der Waals surface area (Å²) in [7, 11) is 0. The minimum atomic E-state index is 0.0191. The Labute approximate surface area is 122 Å². The van der Waals surface area contributed by atoms with Gasteiger partial charge in [0.2, 0.25) is 5.91 Å². The standard InChI is InChI=1S/C16H27N3O/c1-2-15(13-17)18-8-10-19(11-9-18)16(20)12-14-6-4-3-5-7-14/h14-15H,2-12H2,1H3. The SMILES string of the molecule is CCC(C#N)N1CCN(C(=O)CC2CCCCC2)CC1. The van der Waals surface area contributed by atoms with Crippen molar-refractivity contribution in [1.82, 2.24) is 9.80 Å². The van der Waals surface area contributed by atoms with Gasteiger partial charge in [0.05, 0.1) is 12.1 Å². The van der Waals surface area contributed by atoms with Gasteiger partial charge in [-0.3, -0.25) is 9.69 Å². The number of rotatable bonds is 4. The lowest BCUT2D eigenvalue weighted by Crippen LogP contribution is -2.51.